The molecular formula is C10H10F4N2O. The molecule has 1 aliphatic rings. The average Bonchev–Trinajstić information content (AvgIpc) is 2.75. The van der Waals surface area contributed by atoms with Gasteiger partial charge in [-0.2, -0.15) is 22.5 Å². The molecule has 0 amide bonds. The second kappa shape index (κ2) is 4.48. The number of pyridine rings is 1. The van der Waals surface area contributed by atoms with E-state index in [9.17, 15) is 17.6 Å². The summed E-state index contributed by atoms with van der Waals surface area (Å²) in [6.07, 6.45) is 0.515. The van der Waals surface area contributed by atoms with Crippen LogP contribution in [0.1, 0.15) is 6.42 Å². The summed E-state index contributed by atoms with van der Waals surface area (Å²) < 4.78 is 52.5. The molecule has 1 aromatic rings. The van der Waals surface area contributed by atoms with Crippen LogP contribution in [0.3, 0.4) is 0 Å². The Morgan fingerprint density at radius 3 is 2.24 bits per heavy atom. The number of aliphatic hydroxyl groups is 1. The molecule has 0 bridgehead atoms. The molecule has 0 saturated carbocycles. The minimum absolute atomic E-state index is 0.129. The standard InChI is InChI=1S/C10H10F4N2O/c11-6-8(7(12)10(14)15-9(6)13)16-2-1-5(3-16)4-17/h5,17H,1-4H2. The van der Waals surface area contributed by atoms with Gasteiger partial charge < -0.3 is 10.0 Å². The maximum absolute atomic E-state index is 13.4. The van der Waals surface area contributed by atoms with Crippen LogP contribution >= 0.6 is 0 Å². The van der Waals surface area contributed by atoms with E-state index in [0.717, 1.165) is 0 Å². The molecule has 1 fully saturated rings. The van der Waals surface area contributed by atoms with E-state index in [0.29, 0.717) is 6.42 Å². The maximum Gasteiger partial charge on any atom is 0.253 e. The van der Waals surface area contributed by atoms with Crippen molar-refractivity contribution < 1.29 is 22.7 Å². The van der Waals surface area contributed by atoms with Crippen molar-refractivity contribution in [3.05, 3.63) is 23.5 Å². The highest BCUT2D eigenvalue weighted by Crippen LogP contribution is 2.30. The van der Waals surface area contributed by atoms with Crippen LogP contribution in [-0.2, 0) is 0 Å². The average molecular weight is 250 g/mol. The molecule has 1 unspecified atom stereocenters. The number of hydrogen-bond acceptors (Lipinski definition) is 3. The Kier molecular flexibility index (Phi) is 3.19. The van der Waals surface area contributed by atoms with E-state index >= 15 is 0 Å². The zero-order valence-corrected chi connectivity index (χ0v) is 8.76. The lowest BCUT2D eigenvalue weighted by Gasteiger charge is -2.19. The first kappa shape index (κ1) is 12.1. The van der Waals surface area contributed by atoms with Crippen LogP contribution < -0.4 is 4.90 Å². The number of aromatic nitrogens is 1. The van der Waals surface area contributed by atoms with E-state index in [1.807, 2.05) is 0 Å². The van der Waals surface area contributed by atoms with Gasteiger partial charge in [0.05, 0.1) is 0 Å². The summed E-state index contributed by atoms with van der Waals surface area (Å²) >= 11 is 0. The summed E-state index contributed by atoms with van der Waals surface area (Å²) in [6, 6.07) is 0. The smallest absolute Gasteiger partial charge is 0.253 e. The van der Waals surface area contributed by atoms with Crippen LogP contribution in [-0.4, -0.2) is 29.8 Å². The number of nitrogens with zero attached hydrogens (tertiary/aromatic N) is 2. The quantitative estimate of drug-likeness (QED) is 0.637. The van der Waals surface area contributed by atoms with Crippen molar-refractivity contribution in [2.24, 2.45) is 5.92 Å². The van der Waals surface area contributed by atoms with Crippen molar-refractivity contribution in [2.75, 3.05) is 24.6 Å². The summed E-state index contributed by atoms with van der Waals surface area (Å²) in [4.78, 5) is 3.66. The van der Waals surface area contributed by atoms with E-state index < -0.39 is 29.2 Å². The fourth-order valence-electron chi connectivity index (χ4n) is 1.94. The second-order valence-electron chi connectivity index (χ2n) is 3.95. The maximum atomic E-state index is 13.4. The molecule has 1 atom stereocenters. The monoisotopic (exact) mass is 250 g/mol. The Bertz CT molecular complexity index is 415. The van der Waals surface area contributed by atoms with Gasteiger partial charge in [-0.15, -0.1) is 0 Å². The molecule has 7 heteroatoms. The van der Waals surface area contributed by atoms with Gasteiger partial charge in [0.25, 0.3) is 11.9 Å². The first-order valence-corrected chi connectivity index (χ1v) is 5.10. The highest BCUT2D eigenvalue weighted by molar-refractivity contribution is 5.49. The molecule has 0 aliphatic carbocycles. The lowest BCUT2D eigenvalue weighted by atomic mass is 10.1. The summed E-state index contributed by atoms with van der Waals surface area (Å²) in [6.45, 7) is 0.269. The van der Waals surface area contributed by atoms with Crippen molar-refractivity contribution in [3.63, 3.8) is 0 Å². The van der Waals surface area contributed by atoms with Crippen molar-refractivity contribution in [2.45, 2.75) is 6.42 Å². The van der Waals surface area contributed by atoms with Gasteiger partial charge in [-0.25, -0.2) is 0 Å². The number of rotatable bonds is 2. The summed E-state index contributed by atoms with van der Waals surface area (Å²) in [5, 5.41) is 8.90. The largest absolute Gasteiger partial charge is 0.396 e. The van der Waals surface area contributed by atoms with Crippen LogP contribution in [0.5, 0.6) is 0 Å². The third-order valence-corrected chi connectivity index (χ3v) is 2.83. The van der Waals surface area contributed by atoms with Crippen LogP contribution in [0.25, 0.3) is 0 Å². The lowest BCUT2D eigenvalue weighted by Crippen LogP contribution is -2.24. The number of anilines is 1. The molecule has 1 aromatic heterocycles. The van der Waals surface area contributed by atoms with Crippen LogP contribution in [0, 0.1) is 29.4 Å². The number of halogens is 4. The van der Waals surface area contributed by atoms with Gasteiger partial charge in [0.15, 0.2) is 0 Å². The van der Waals surface area contributed by atoms with Crippen LogP contribution in [0.15, 0.2) is 0 Å². The zero-order chi connectivity index (χ0) is 12.6. The predicted octanol–water partition coefficient (Wildman–Crippen LogP) is 1.46. The van der Waals surface area contributed by atoms with E-state index in [-0.39, 0.29) is 25.6 Å². The van der Waals surface area contributed by atoms with Gasteiger partial charge >= 0.3 is 0 Å². The third kappa shape index (κ3) is 2.06. The van der Waals surface area contributed by atoms with Gasteiger partial charge in [-0.05, 0) is 6.42 Å². The minimum Gasteiger partial charge on any atom is -0.396 e. The van der Waals surface area contributed by atoms with E-state index in [2.05, 4.69) is 4.98 Å². The molecule has 0 aromatic carbocycles. The Morgan fingerprint density at radius 1 is 1.18 bits per heavy atom. The predicted molar refractivity (Wildman–Crippen MR) is 51.5 cm³/mol. The molecule has 0 spiro atoms. The molecule has 1 aliphatic heterocycles. The molecule has 2 rings (SSSR count). The lowest BCUT2D eigenvalue weighted by molar-refractivity contribution is 0.238. The molecule has 1 saturated heterocycles. The topological polar surface area (TPSA) is 36.4 Å². The van der Waals surface area contributed by atoms with Crippen molar-refractivity contribution in [1.29, 1.82) is 0 Å². The first-order valence-electron chi connectivity index (χ1n) is 5.10. The Morgan fingerprint density at radius 2 is 1.76 bits per heavy atom. The van der Waals surface area contributed by atoms with Crippen LogP contribution in [0.4, 0.5) is 23.2 Å². The molecule has 3 nitrogen and oxygen atoms in total. The molecule has 0 radical (unpaired) electrons. The number of aliphatic hydroxyl groups excluding tert-OH is 1. The van der Waals surface area contributed by atoms with Crippen molar-refractivity contribution in [3.8, 4) is 0 Å². The minimum atomic E-state index is -1.66. The third-order valence-electron chi connectivity index (χ3n) is 2.83. The Hall–Kier alpha value is -1.37. The van der Waals surface area contributed by atoms with E-state index in [1.165, 1.54) is 4.90 Å². The number of hydrogen-bond donors (Lipinski definition) is 1. The zero-order valence-electron chi connectivity index (χ0n) is 8.76. The fourth-order valence-corrected chi connectivity index (χ4v) is 1.94. The fraction of sp³-hybridized carbons (Fsp3) is 0.500. The molecule has 94 valence electrons. The summed E-state index contributed by atoms with van der Waals surface area (Å²) in [7, 11) is 0. The molecule has 1 N–H and O–H groups in total. The molecular weight excluding hydrogens is 240 g/mol. The first-order chi connectivity index (χ1) is 8.04. The Balaban J connectivity index is 2.38. The van der Waals surface area contributed by atoms with Gasteiger partial charge in [0.1, 0.15) is 5.69 Å². The van der Waals surface area contributed by atoms with Crippen molar-refractivity contribution in [1.82, 2.24) is 4.98 Å². The SMILES string of the molecule is OCC1CCN(c2c(F)c(F)nc(F)c2F)C1. The van der Waals surface area contributed by atoms with Gasteiger partial charge in [-0.3, -0.25) is 0 Å². The Labute approximate surface area is 94.7 Å². The highest BCUT2D eigenvalue weighted by atomic mass is 19.2. The molecule has 2 heterocycles. The van der Waals surface area contributed by atoms with Gasteiger partial charge in [0, 0.05) is 25.6 Å². The van der Waals surface area contributed by atoms with E-state index in [1.54, 1.807) is 0 Å². The highest BCUT2D eigenvalue weighted by Gasteiger charge is 2.30. The van der Waals surface area contributed by atoms with E-state index in [4.69, 9.17) is 5.11 Å². The van der Waals surface area contributed by atoms with Gasteiger partial charge in [0.2, 0.25) is 11.6 Å². The normalized spacial score (nSPS) is 20.1. The molecule has 17 heavy (non-hydrogen) atoms. The van der Waals surface area contributed by atoms with Gasteiger partial charge in [-0.1, -0.05) is 0 Å². The summed E-state index contributed by atoms with van der Waals surface area (Å²) in [5.41, 5.74) is -0.744. The van der Waals surface area contributed by atoms with Crippen molar-refractivity contribution >= 4 is 5.69 Å². The summed E-state index contributed by atoms with van der Waals surface area (Å²) in [5.74, 6) is -6.46. The van der Waals surface area contributed by atoms with Crippen LogP contribution in [0.2, 0.25) is 0 Å². The second-order valence-corrected chi connectivity index (χ2v) is 3.95.